The number of ether oxygens (including phenoxy) is 1. The molecule has 0 aromatic heterocycles. The molecule has 0 aliphatic heterocycles. The number of rotatable bonds is 8. The number of carbonyl (C=O) groups excluding carboxylic acids is 1. The second-order valence-corrected chi connectivity index (χ2v) is 4.63. The fourth-order valence-corrected chi connectivity index (χ4v) is 1.36. The molecule has 0 saturated heterocycles. The monoisotopic (exact) mass is 255 g/mol. The summed E-state index contributed by atoms with van der Waals surface area (Å²) in [6.45, 7) is 7.85. The predicted molar refractivity (Wildman–Crippen MR) is 73.2 cm³/mol. The van der Waals surface area contributed by atoms with E-state index in [4.69, 9.17) is 10.5 Å². The first-order valence-electron chi connectivity index (χ1n) is 6.28. The van der Waals surface area contributed by atoms with E-state index in [1.807, 2.05) is 13.8 Å². The van der Waals surface area contributed by atoms with Gasteiger partial charge in [0.05, 0.1) is 0 Å². The van der Waals surface area contributed by atoms with Gasteiger partial charge in [-0.1, -0.05) is 12.5 Å². The summed E-state index contributed by atoms with van der Waals surface area (Å²) < 4.78 is 5.34. The molecule has 4 heteroatoms. The number of hydrogen-bond donors (Lipinski definition) is 2. The first kappa shape index (κ1) is 16.7. The number of aliphatic hydroxyl groups is 1. The number of nitrogens with two attached hydrogens (primary N) is 1. The highest BCUT2D eigenvalue weighted by Gasteiger charge is 2.08. The summed E-state index contributed by atoms with van der Waals surface area (Å²) in [5.41, 5.74) is 6.42. The Morgan fingerprint density at radius 1 is 1.39 bits per heavy atom. The molecule has 0 heterocycles. The Kier molecular flexibility index (Phi) is 8.12. The Bertz CT molecular complexity index is 328. The Morgan fingerprint density at radius 2 is 2.00 bits per heavy atom. The molecule has 0 amide bonds. The van der Waals surface area contributed by atoms with Gasteiger partial charge in [-0.3, -0.25) is 4.79 Å². The molecule has 18 heavy (non-hydrogen) atoms. The zero-order valence-corrected chi connectivity index (χ0v) is 11.8. The van der Waals surface area contributed by atoms with Crippen molar-refractivity contribution in [3.8, 4) is 0 Å². The Balaban J connectivity index is 4.44. The highest BCUT2D eigenvalue weighted by atomic mass is 16.5. The number of aliphatic hydroxyl groups excluding tert-OH is 1. The summed E-state index contributed by atoms with van der Waals surface area (Å²) in [7, 11) is 0. The number of ketones is 1. The van der Waals surface area contributed by atoms with Crippen molar-refractivity contribution in [2.75, 3.05) is 13.2 Å². The van der Waals surface area contributed by atoms with Crippen molar-refractivity contribution in [1.82, 2.24) is 0 Å². The van der Waals surface area contributed by atoms with Crippen molar-refractivity contribution >= 4 is 5.78 Å². The number of allylic oxidation sites excluding steroid dienone is 3. The average molecular weight is 255 g/mol. The zero-order valence-electron chi connectivity index (χ0n) is 11.8. The summed E-state index contributed by atoms with van der Waals surface area (Å²) in [6.07, 6.45) is 3.42. The quantitative estimate of drug-likeness (QED) is 0.516. The molecule has 0 radical (unpaired) electrons. The molecule has 0 aromatic rings. The second-order valence-electron chi connectivity index (χ2n) is 4.63. The third-order valence-corrected chi connectivity index (χ3v) is 2.78. The van der Waals surface area contributed by atoms with Crippen LogP contribution in [0.5, 0.6) is 0 Å². The van der Waals surface area contributed by atoms with Gasteiger partial charge in [-0.25, -0.2) is 0 Å². The van der Waals surface area contributed by atoms with Crippen LogP contribution in [0.15, 0.2) is 23.2 Å². The van der Waals surface area contributed by atoms with E-state index in [-0.39, 0.29) is 17.5 Å². The molecule has 0 spiro atoms. The van der Waals surface area contributed by atoms with Crippen LogP contribution in [0.25, 0.3) is 0 Å². The predicted octanol–water partition coefficient (Wildman–Crippen LogP) is 2.70. The minimum Gasteiger partial charge on any atom is -0.509 e. The Hall–Kier alpha value is -1.29. The molecule has 3 N–H and O–H groups in total. The summed E-state index contributed by atoms with van der Waals surface area (Å²) in [5.74, 6) is 0.869. The molecular weight excluding hydrogens is 230 g/mol. The van der Waals surface area contributed by atoms with E-state index in [1.165, 1.54) is 0 Å². The molecule has 0 aromatic carbocycles. The minimum atomic E-state index is 0.0703. The fraction of sp³-hybridized carbons (Fsp3) is 0.643. The van der Waals surface area contributed by atoms with E-state index >= 15 is 0 Å². The van der Waals surface area contributed by atoms with Crippen LogP contribution in [0.3, 0.4) is 0 Å². The van der Waals surface area contributed by atoms with Gasteiger partial charge in [0.15, 0.2) is 5.76 Å². The molecule has 0 aliphatic rings. The van der Waals surface area contributed by atoms with Gasteiger partial charge >= 0.3 is 0 Å². The Labute approximate surface area is 110 Å². The van der Waals surface area contributed by atoms with Gasteiger partial charge in [-0.05, 0) is 39.7 Å². The van der Waals surface area contributed by atoms with Crippen molar-refractivity contribution in [2.45, 2.75) is 40.5 Å². The first-order chi connectivity index (χ1) is 8.38. The average Bonchev–Trinajstić information content (AvgIpc) is 2.30. The summed E-state index contributed by atoms with van der Waals surface area (Å²) >= 11 is 0. The van der Waals surface area contributed by atoms with E-state index < -0.39 is 0 Å². The molecule has 0 aliphatic carbocycles. The normalized spacial score (nSPS) is 15.1. The highest BCUT2D eigenvalue weighted by molar-refractivity contribution is 5.77. The zero-order chi connectivity index (χ0) is 14.1. The second kappa shape index (κ2) is 8.75. The molecule has 1 atom stereocenters. The smallest absolute Gasteiger partial charge is 0.156 e. The van der Waals surface area contributed by atoms with E-state index in [0.29, 0.717) is 18.9 Å². The van der Waals surface area contributed by atoms with Crippen molar-refractivity contribution in [3.63, 3.8) is 0 Å². The van der Waals surface area contributed by atoms with Gasteiger partial charge in [0.25, 0.3) is 0 Å². The fourth-order valence-electron chi connectivity index (χ4n) is 1.36. The molecular formula is C14H25NO3. The maximum absolute atomic E-state index is 11.1. The van der Waals surface area contributed by atoms with Crippen molar-refractivity contribution in [3.05, 3.63) is 23.2 Å². The van der Waals surface area contributed by atoms with Crippen LogP contribution in [0.4, 0.5) is 0 Å². The maximum Gasteiger partial charge on any atom is 0.156 e. The third kappa shape index (κ3) is 7.12. The van der Waals surface area contributed by atoms with Crippen LogP contribution < -0.4 is 5.73 Å². The molecule has 0 bridgehead atoms. The first-order valence-corrected chi connectivity index (χ1v) is 6.28. The number of hydrogen-bond acceptors (Lipinski definition) is 4. The maximum atomic E-state index is 11.1. The largest absolute Gasteiger partial charge is 0.509 e. The standard InChI is InChI=1S/C14H25NO3/c1-10(5-6-11(2)12(3)16)9-14(13(4)17)18-8-7-15/h9,11,17H,5-8,15H2,1-4H3/b10-9+,14-13-. The van der Waals surface area contributed by atoms with E-state index in [1.54, 1.807) is 19.9 Å². The molecule has 104 valence electrons. The van der Waals surface area contributed by atoms with Gasteiger partial charge in [-0.2, -0.15) is 0 Å². The molecule has 0 rings (SSSR count). The van der Waals surface area contributed by atoms with Crippen molar-refractivity contribution in [1.29, 1.82) is 0 Å². The van der Waals surface area contributed by atoms with Crippen LogP contribution in [0.1, 0.15) is 40.5 Å². The van der Waals surface area contributed by atoms with Crippen LogP contribution in [-0.2, 0) is 9.53 Å². The lowest BCUT2D eigenvalue weighted by atomic mass is 9.98. The van der Waals surface area contributed by atoms with Gasteiger partial charge in [0.1, 0.15) is 18.1 Å². The molecule has 4 nitrogen and oxygen atoms in total. The summed E-state index contributed by atoms with van der Waals surface area (Å²) in [4.78, 5) is 11.1. The van der Waals surface area contributed by atoms with Crippen molar-refractivity contribution < 1.29 is 14.6 Å². The van der Waals surface area contributed by atoms with Crippen LogP contribution >= 0.6 is 0 Å². The van der Waals surface area contributed by atoms with E-state index in [0.717, 1.165) is 18.4 Å². The number of Topliss-reactive ketones (excluding diaryl/α,β-unsaturated/α-hetero) is 1. The van der Waals surface area contributed by atoms with Crippen molar-refractivity contribution in [2.24, 2.45) is 11.7 Å². The summed E-state index contributed by atoms with van der Waals surface area (Å²) in [5, 5.41) is 9.47. The van der Waals surface area contributed by atoms with Crippen LogP contribution in [-0.4, -0.2) is 24.0 Å². The highest BCUT2D eigenvalue weighted by Crippen LogP contribution is 2.16. The SMILES string of the molecule is CC(=O)C(C)CC/C(C)=C/C(OCCN)=C(\C)O. The topological polar surface area (TPSA) is 72.5 Å². The van der Waals surface area contributed by atoms with E-state index in [2.05, 4.69) is 0 Å². The van der Waals surface area contributed by atoms with Crippen LogP contribution in [0, 0.1) is 5.92 Å². The third-order valence-electron chi connectivity index (χ3n) is 2.78. The van der Waals surface area contributed by atoms with Gasteiger partial charge in [-0.15, -0.1) is 0 Å². The lowest BCUT2D eigenvalue weighted by Gasteiger charge is -2.10. The van der Waals surface area contributed by atoms with Gasteiger partial charge in [0.2, 0.25) is 0 Å². The minimum absolute atomic E-state index is 0.0703. The Morgan fingerprint density at radius 3 is 2.44 bits per heavy atom. The molecule has 1 unspecified atom stereocenters. The van der Waals surface area contributed by atoms with Gasteiger partial charge in [0, 0.05) is 12.5 Å². The number of carbonyl (C=O) groups is 1. The summed E-state index contributed by atoms with van der Waals surface area (Å²) in [6, 6.07) is 0. The lowest BCUT2D eigenvalue weighted by molar-refractivity contribution is -0.120. The van der Waals surface area contributed by atoms with E-state index in [9.17, 15) is 9.90 Å². The lowest BCUT2D eigenvalue weighted by Crippen LogP contribution is -2.09. The molecule has 0 fully saturated rings. The van der Waals surface area contributed by atoms with Crippen LogP contribution in [0.2, 0.25) is 0 Å². The van der Waals surface area contributed by atoms with Gasteiger partial charge < -0.3 is 15.6 Å². The molecule has 0 saturated carbocycles.